The molecule has 1 fully saturated rings. The van der Waals surface area contributed by atoms with Crippen molar-refractivity contribution in [3.63, 3.8) is 0 Å². The summed E-state index contributed by atoms with van der Waals surface area (Å²) in [6.07, 6.45) is 1.31. The van der Waals surface area contributed by atoms with Crippen molar-refractivity contribution in [2.45, 2.75) is 84.0 Å². The van der Waals surface area contributed by atoms with Gasteiger partial charge in [0.15, 0.2) is 17.1 Å². The first kappa shape index (κ1) is 27.7. The van der Waals surface area contributed by atoms with E-state index in [2.05, 4.69) is 5.32 Å². The van der Waals surface area contributed by atoms with E-state index in [0.29, 0.717) is 50.6 Å². The van der Waals surface area contributed by atoms with Crippen LogP contribution in [0.4, 0.5) is 5.69 Å². The Balaban J connectivity index is 1.37. The predicted octanol–water partition coefficient (Wildman–Crippen LogP) is 2.60. The molecule has 226 valence electrons. The molecule has 0 saturated heterocycles. The van der Waals surface area contributed by atoms with Crippen LogP contribution in [-0.2, 0) is 44.4 Å². The molecule has 1 aromatic carbocycles. The van der Waals surface area contributed by atoms with Crippen molar-refractivity contribution in [2.75, 3.05) is 12.5 Å². The average Bonchev–Trinajstić information content (AvgIpc) is 3.58. The highest BCUT2D eigenvalue weighted by Crippen LogP contribution is 2.47. The van der Waals surface area contributed by atoms with Gasteiger partial charge in [-0.1, -0.05) is 6.92 Å². The number of carbonyl (C=O) groups is 2. The number of fused-ring (bicyclic) bond motifs is 6. The van der Waals surface area contributed by atoms with E-state index in [1.54, 1.807) is 23.6 Å². The Hall–Kier alpha value is -4.16. The van der Waals surface area contributed by atoms with Gasteiger partial charge in [-0.15, -0.1) is 0 Å². The van der Waals surface area contributed by atoms with Gasteiger partial charge in [-0.05, 0) is 57.6 Å². The maximum absolute atomic E-state index is 13.8. The van der Waals surface area contributed by atoms with E-state index in [1.807, 2.05) is 20.8 Å². The lowest BCUT2D eigenvalue weighted by Crippen LogP contribution is -2.44. The smallest absolute Gasteiger partial charge is 0.343 e. The number of hydrogen-bond acceptors (Lipinski definition) is 10. The Bertz CT molecular complexity index is 1790. The van der Waals surface area contributed by atoms with Gasteiger partial charge in [-0.25, -0.2) is 9.78 Å². The molecule has 12 heteroatoms. The second-order valence-electron chi connectivity index (χ2n) is 12.6. The zero-order chi connectivity index (χ0) is 30.4. The molecule has 4 aliphatic rings. The number of benzene rings is 1. The zero-order valence-corrected chi connectivity index (χ0v) is 24.5. The van der Waals surface area contributed by atoms with E-state index < -0.39 is 23.3 Å². The molecule has 1 unspecified atom stereocenters. The molecule has 0 spiro atoms. The van der Waals surface area contributed by atoms with E-state index in [0.717, 1.165) is 12.8 Å². The van der Waals surface area contributed by atoms with Crippen molar-refractivity contribution in [1.82, 2.24) is 14.9 Å². The van der Waals surface area contributed by atoms with Gasteiger partial charge < -0.3 is 39.7 Å². The van der Waals surface area contributed by atoms with Crippen LogP contribution < -0.4 is 26.1 Å². The fourth-order valence-corrected chi connectivity index (χ4v) is 6.35. The SMILES string of the molecule is CC[C@@]1(O)C(=O)OCc2c1cc1n(c2=O)Cc2c-1nc1cc3c(c(N)c1c2CNC(=O)C(OC(C)(C)C)C1CC1)OCO3. The number of amides is 1. The van der Waals surface area contributed by atoms with Crippen LogP contribution in [-0.4, -0.2) is 45.0 Å². The number of rotatable bonds is 6. The van der Waals surface area contributed by atoms with Crippen LogP contribution in [0, 0.1) is 5.92 Å². The van der Waals surface area contributed by atoms with Gasteiger partial charge in [0, 0.05) is 29.1 Å². The van der Waals surface area contributed by atoms with Gasteiger partial charge in [0.05, 0.1) is 40.3 Å². The van der Waals surface area contributed by atoms with E-state index in [4.69, 9.17) is 29.7 Å². The van der Waals surface area contributed by atoms with E-state index in [1.165, 1.54) is 0 Å². The predicted molar refractivity (Wildman–Crippen MR) is 154 cm³/mol. The monoisotopic (exact) mass is 590 g/mol. The number of carbonyl (C=O) groups excluding carboxylic acids is 2. The Morgan fingerprint density at radius 1 is 1.23 bits per heavy atom. The van der Waals surface area contributed by atoms with Gasteiger partial charge in [0.25, 0.3) is 5.56 Å². The molecular formula is C31H34N4O8. The van der Waals surface area contributed by atoms with Crippen molar-refractivity contribution in [1.29, 1.82) is 0 Å². The molecule has 0 bridgehead atoms. The summed E-state index contributed by atoms with van der Waals surface area (Å²) in [7, 11) is 0. The lowest BCUT2D eigenvalue weighted by Gasteiger charge is -2.31. The third-order valence-corrected chi connectivity index (χ3v) is 8.69. The highest BCUT2D eigenvalue weighted by Gasteiger charge is 2.46. The fraction of sp³-hybridized carbons (Fsp3) is 0.484. The lowest BCUT2D eigenvalue weighted by molar-refractivity contribution is -0.172. The summed E-state index contributed by atoms with van der Waals surface area (Å²) in [5, 5.41) is 14.9. The minimum Gasteiger partial charge on any atom is -0.458 e. The summed E-state index contributed by atoms with van der Waals surface area (Å²) < 4.78 is 24.2. The van der Waals surface area contributed by atoms with Crippen molar-refractivity contribution in [3.05, 3.63) is 44.7 Å². The molecule has 43 heavy (non-hydrogen) atoms. The normalized spacial score (nSPS) is 20.8. The number of cyclic esters (lactones) is 1. The molecular weight excluding hydrogens is 556 g/mol. The molecule has 7 rings (SSSR count). The Morgan fingerprint density at radius 3 is 2.70 bits per heavy atom. The first-order chi connectivity index (χ1) is 20.4. The molecule has 3 aliphatic heterocycles. The third kappa shape index (κ3) is 4.26. The van der Waals surface area contributed by atoms with E-state index in [9.17, 15) is 19.5 Å². The molecule has 0 radical (unpaired) electrons. The summed E-state index contributed by atoms with van der Waals surface area (Å²) in [5.74, 6) is 0.00379. The molecule has 12 nitrogen and oxygen atoms in total. The standard InChI is InChI=1S/C31H34N4O8/c1-5-31(39)18-8-20-24-16(11-35(20)28(37)17(18)12-40-29(31)38)15(10-33-27(36)25(14-6-7-14)43-30(2,3)4)22-19(34-24)9-21-26(23(22)32)42-13-41-21/h8-9,14,25,39H,5-7,10-13,32H2,1-4H3,(H,33,36)/t25?,31-/m0/s1. The van der Waals surface area contributed by atoms with Crippen molar-refractivity contribution >= 4 is 28.5 Å². The zero-order valence-electron chi connectivity index (χ0n) is 24.5. The first-order valence-electron chi connectivity index (χ1n) is 14.6. The number of anilines is 1. The summed E-state index contributed by atoms with van der Waals surface area (Å²) in [6.45, 7) is 7.48. The largest absolute Gasteiger partial charge is 0.458 e. The Labute approximate surface area is 247 Å². The maximum atomic E-state index is 13.8. The highest BCUT2D eigenvalue weighted by atomic mass is 16.7. The molecule has 3 aromatic rings. The van der Waals surface area contributed by atoms with Crippen LogP contribution in [0.2, 0.25) is 0 Å². The van der Waals surface area contributed by atoms with Crippen LogP contribution >= 0.6 is 0 Å². The van der Waals surface area contributed by atoms with Gasteiger partial charge in [-0.3, -0.25) is 9.59 Å². The van der Waals surface area contributed by atoms with Crippen molar-refractivity contribution in [3.8, 4) is 22.9 Å². The quantitative estimate of drug-likeness (QED) is 0.225. The van der Waals surface area contributed by atoms with Gasteiger partial charge >= 0.3 is 5.97 Å². The van der Waals surface area contributed by atoms with Gasteiger partial charge in [0.1, 0.15) is 12.7 Å². The van der Waals surface area contributed by atoms with Crippen LogP contribution in [0.1, 0.15) is 69.2 Å². The van der Waals surface area contributed by atoms with Crippen LogP contribution in [0.25, 0.3) is 22.3 Å². The number of aliphatic hydroxyl groups is 1. The van der Waals surface area contributed by atoms with Gasteiger partial charge in [0.2, 0.25) is 12.7 Å². The number of nitrogens with zero attached hydrogens (tertiary/aromatic N) is 2. The number of nitrogens with one attached hydrogen (secondary N) is 1. The molecule has 2 aromatic heterocycles. The summed E-state index contributed by atoms with van der Waals surface area (Å²) >= 11 is 0. The lowest BCUT2D eigenvalue weighted by atomic mass is 9.86. The minimum atomic E-state index is -1.94. The van der Waals surface area contributed by atoms with Crippen LogP contribution in [0.3, 0.4) is 0 Å². The number of pyridine rings is 2. The molecule has 4 N–H and O–H groups in total. The number of ether oxygens (including phenoxy) is 4. The topological polar surface area (TPSA) is 164 Å². The molecule has 1 saturated carbocycles. The summed E-state index contributed by atoms with van der Waals surface area (Å²) in [4.78, 5) is 44.8. The molecule has 1 amide bonds. The molecule has 1 aliphatic carbocycles. The van der Waals surface area contributed by atoms with E-state index in [-0.39, 0.29) is 61.4 Å². The van der Waals surface area contributed by atoms with Gasteiger partial charge in [-0.2, -0.15) is 0 Å². The van der Waals surface area contributed by atoms with Crippen LogP contribution in [0.15, 0.2) is 16.9 Å². The first-order valence-corrected chi connectivity index (χ1v) is 14.6. The Morgan fingerprint density at radius 2 is 2.00 bits per heavy atom. The minimum absolute atomic E-state index is 0.0188. The average molecular weight is 591 g/mol. The fourth-order valence-electron chi connectivity index (χ4n) is 6.35. The van der Waals surface area contributed by atoms with Crippen LogP contribution in [0.5, 0.6) is 11.5 Å². The maximum Gasteiger partial charge on any atom is 0.343 e. The van der Waals surface area contributed by atoms with E-state index >= 15 is 0 Å². The number of nitrogens with two attached hydrogens (primary N) is 1. The third-order valence-electron chi connectivity index (χ3n) is 8.69. The summed E-state index contributed by atoms with van der Waals surface area (Å²) in [6, 6.07) is 3.39. The van der Waals surface area contributed by atoms with Crippen molar-refractivity contribution in [2.24, 2.45) is 5.92 Å². The molecule has 5 heterocycles. The number of esters is 1. The second-order valence-corrected chi connectivity index (χ2v) is 12.6. The number of nitrogen functional groups attached to an aromatic ring is 1. The second kappa shape index (κ2) is 9.42. The number of hydrogen-bond donors (Lipinski definition) is 3. The molecule has 2 atom stereocenters. The highest BCUT2D eigenvalue weighted by molar-refractivity contribution is 6.01. The number of aromatic nitrogens is 2. The summed E-state index contributed by atoms with van der Waals surface area (Å²) in [5.41, 5.74) is 7.45. The van der Waals surface area contributed by atoms with Crippen molar-refractivity contribution < 1.29 is 33.6 Å². The Kier molecular flexibility index (Phi) is 6.06.